The first kappa shape index (κ1) is 43.9. The molecule has 0 fully saturated rings. The number of H-pyrrole nitrogens is 2. The van der Waals surface area contributed by atoms with Gasteiger partial charge in [0.1, 0.15) is 22.9 Å². The molecule has 0 saturated heterocycles. The summed E-state index contributed by atoms with van der Waals surface area (Å²) >= 11 is 12.5. The van der Waals surface area contributed by atoms with Gasteiger partial charge in [-0.15, -0.1) is 23.2 Å². The van der Waals surface area contributed by atoms with Crippen molar-refractivity contribution >= 4 is 92.3 Å². The second-order valence-electron chi connectivity index (χ2n) is 14.3. The van der Waals surface area contributed by atoms with E-state index < -0.39 is 82.0 Å². The number of esters is 2. The van der Waals surface area contributed by atoms with Crippen LogP contribution in [-0.4, -0.2) is 82.0 Å². The molecular formula is C42H34Cl2F6N4O8. The Hall–Kier alpha value is -6.14. The molecule has 5 aromatic rings. The fraction of sp³-hybridized carbons (Fsp3) is 0.286. The number of alkyl halides is 8. The Bertz CT molecular complexity index is 2520. The molecule has 2 aromatic heterocycles. The van der Waals surface area contributed by atoms with Gasteiger partial charge in [-0.3, -0.25) is 9.59 Å². The maximum absolute atomic E-state index is 14.1. The van der Waals surface area contributed by atoms with E-state index in [1.54, 1.807) is 24.3 Å². The first-order valence-electron chi connectivity index (χ1n) is 18.9. The molecule has 2 aliphatic rings. The fourth-order valence-electron chi connectivity index (χ4n) is 7.97. The molecular weight excluding hydrogens is 873 g/mol. The van der Waals surface area contributed by atoms with Gasteiger partial charge in [0.2, 0.25) is 0 Å². The van der Waals surface area contributed by atoms with Crippen molar-refractivity contribution < 1.29 is 65.2 Å². The highest BCUT2D eigenvalue weighted by molar-refractivity contribution is 6.21. The van der Waals surface area contributed by atoms with E-state index in [9.17, 15) is 55.7 Å². The number of aromatic amines is 2. The van der Waals surface area contributed by atoms with Gasteiger partial charge >= 0.3 is 24.3 Å². The Balaban J connectivity index is 1.13. The standard InChI is InChI=1S/C42H34Cl2F6N4O8/c1-3-61-39(59)33-31-29-21(15-43)17-53(23(29)13-25(55)35(31)51-37(33)41(45,46)47)27(57)11-9-19-5-7-20(8-6-19)10-12-28(58)54-18-22(16-44)30-24(54)14-26(56)36-32(30)34(40(60)62-4-2)38(52-36)42(48,49)50/h5-14,21-22,51-52,55-56H,3-4,15-18H2,1-2H3/b11-9+,12-10+/t21-,22-/m1/s1. The molecule has 0 radical (unpaired) electrons. The maximum Gasteiger partial charge on any atom is 0.432 e. The summed E-state index contributed by atoms with van der Waals surface area (Å²) in [5, 5.41) is 21.2. The zero-order valence-corrected chi connectivity index (χ0v) is 33.9. The van der Waals surface area contributed by atoms with Crippen molar-refractivity contribution in [2.24, 2.45) is 0 Å². The van der Waals surface area contributed by atoms with Gasteiger partial charge in [-0.05, 0) is 48.3 Å². The Kier molecular flexibility index (Phi) is 11.8. The highest BCUT2D eigenvalue weighted by atomic mass is 35.5. The molecule has 62 heavy (non-hydrogen) atoms. The number of fused-ring (bicyclic) bond motifs is 6. The smallest absolute Gasteiger partial charge is 0.432 e. The SMILES string of the molecule is CCOC(=O)c1c(C(F)(F)F)[nH]c2c(O)cc3c(c12)[C@H](CCl)CN3C(=O)/C=C/c1ccc(/C=C/C(=O)N2C[C@@H](CCl)c3c2cc(O)c2[nH]c(C(F)(F)F)c(C(=O)OCC)c32)cc1. The predicted molar refractivity (Wildman–Crippen MR) is 218 cm³/mol. The van der Waals surface area contributed by atoms with Crippen molar-refractivity contribution in [3.8, 4) is 11.5 Å². The number of halogens is 8. The van der Waals surface area contributed by atoms with Gasteiger partial charge in [-0.2, -0.15) is 26.3 Å². The fourth-order valence-corrected chi connectivity index (χ4v) is 8.48. The first-order chi connectivity index (χ1) is 29.3. The number of aromatic nitrogens is 2. The Morgan fingerprint density at radius 3 is 1.35 bits per heavy atom. The lowest BCUT2D eigenvalue weighted by Crippen LogP contribution is -2.28. The average molecular weight is 908 g/mol. The summed E-state index contributed by atoms with van der Waals surface area (Å²) in [5.41, 5.74) is -3.68. The third-order valence-corrected chi connectivity index (χ3v) is 11.3. The van der Waals surface area contributed by atoms with Crippen LogP contribution in [0.1, 0.15) is 80.0 Å². The molecule has 326 valence electrons. The van der Waals surface area contributed by atoms with Gasteiger partial charge in [-0.25, -0.2) is 9.59 Å². The van der Waals surface area contributed by atoms with E-state index in [0.29, 0.717) is 11.1 Å². The lowest BCUT2D eigenvalue weighted by molar-refractivity contribution is -0.141. The van der Waals surface area contributed by atoms with Gasteiger partial charge in [-0.1, -0.05) is 24.3 Å². The summed E-state index contributed by atoms with van der Waals surface area (Å²) in [6.45, 7) is 2.27. The van der Waals surface area contributed by atoms with Gasteiger partial charge in [0.15, 0.2) is 0 Å². The molecule has 2 aliphatic heterocycles. The van der Waals surface area contributed by atoms with Gasteiger partial charge in [0, 0.05) is 71.7 Å². The number of amides is 2. The molecule has 3 aromatic carbocycles. The van der Waals surface area contributed by atoms with Gasteiger partial charge in [0.25, 0.3) is 11.8 Å². The Morgan fingerprint density at radius 2 is 1.05 bits per heavy atom. The van der Waals surface area contributed by atoms with Crippen LogP contribution >= 0.6 is 23.2 Å². The van der Waals surface area contributed by atoms with Crippen molar-refractivity contribution in [3.63, 3.8) is 0 Å². The van der Waals surface area contributed by atoms with Crippen LogP contribution in [0.3, 0.4) is 0 Å². The number of ether oxygens (including phenoxy) is 2. The second-order valence-corrected chi connectivity index (χ2v) is 14.9. The molecule has 0 saturated carbocycles. The number of hydrogen-bond acceptors (Lipinski definition) is 8. The Labute approximate surface area is 357 Å². The molecule has 20 heteroatoms. The van der Waals surface area contributed by atoms with E-state index in [4.69, 9.17) is 32.7 Å². The van der Waals surface area contributed by atoms with Gasteiger partial charge < -0.3 is 39.5 Å². The number of nitrogens with zero attached hydrogens (tertiary/aromatic N) is 2. The third-order valence-electron chi connectivity index (χ3n) is 10.6. The minimum atomic E-state index is -5.02. The zero-order valence-electron chi connectivity index (χ0n) is 32.4. The number of aromatic hydroxyl groups is 2. The lowest BCUT2D eigenvalue weighted by Gasteiger charge is -2.16. The van der Waals surface area contributed by atoms with E-state index >= 15 is 0 Å². The van der Waals surface area contributed by atoms with E-state index in [0.717, 1.165) is 12.1 Å². The molecule has 2 atom stereocenters. The molecule has 0 aliphatic carbocycles. The van der Waals surface area contributed by atoms with Crippen LogP contribution < -0.4 is 9.80 Å². The van der Waals surface area contributed by atoms with Crippen LogP contribution in [0, 0.1) is 0 Å². The quantitative estimate of drug-likeness (QED) is 0.0466. The largest absolute Gasteiger partial charge is 0.506 e. The summed E-state index contributed by atoms with van der Waals surface area (Å²) in [6.07, 6.45) is -4.69. The molecule has 4 N–H and O–H groups in total. The van der Waals surface area contributed by atoms with E-state index in [-0.39, 0.29) is 82.4 Å². The van der Waals surface area contributed by atoms with Crippen LogP contribution in [0.2, 0.25) is 0 Å². The molecule has 4 heterocycles. The predicted octanol–water partition coefficient (Wildman–Crippen LogP) is 9.22. The monoisotopic (exact) mass is 906 g/mol. The van der Waals surface area contributed by atoms with Crippen LogP contribution in [0.5, 0.6) is 11.5 Å². The molecule has 0 unspecified atom stereocenters. The van der Waals surface area contributed by atoms with E-state index in [1.807, 2.05) is 0 Å². The average Bonchev–Trinajstić information content (AvgIpc) is 4.00. The number of phenolic OH excluding ortho intramolecular Hbond substituents is 2. The van der Waals surface area contributed by atoms with Crippen molar-refractivity contribution in [2.45, 2.75) is 38.0 Å². The topological polar surface area (TPSA) is 165 Å². The second kappa shape index (κ2) is 16.6. The molecule has 0 spiro atoms. The number of phenols is 2. The summed E-state index contributed by atoms with van der Waals surface area (Å²) < 4.78 is 94.5. The summed E-state index contributed by atoms with van der Waals surface area (Å²) in [4.78, 5) is 59.6. The number of carbonyl (C=O) groups excluding carboxylic acids is 4. The highest BCUT2D eigenvalue weighted by Gasteiger charge is 2.45. The summed E-state index contributed by atoms with van der Waals surface area (Å²) in [6, 6.07) is 8.76. The number of carbonyl (C=O) groups is 4. The molecule has 2 amide bonds. The molecule has 12 nitrogen and oxygen atoms in total. The van der Waals surface area contributed by atoms with Crippen LogP contribution in [0.15, 0.2) is 48.6 Å². The normalized spacial score (nSPS) is 16.5. The molecule has 7 rings (SSSR count). The Morgan fingerprint density at radius 1 is 0.694 bits per heavy atom. The number of nitrogens with one attached hydrogen (secondary N) is 2. The maximum atomic E-state index is 14.1. The number of anilines is 2. The zero-order chi connectivity index (χ0) is 45.0. The lowest BCUT2D eigenvalue weighted by atomic mass is 9.95. The number of hydrogen-bond donors (Lipinski definition) is 4. The summed E-state index contributed by atoms with van der Waals surface area (Å²) in [7, 11) is 0. The van der Waals surface area contributed by atoms with E-state index in [2.05, 4.69) is 9.97 Å². The van der Waals surface area contributed by atoms with Crippen molar-refractivity contribution in [1.82, 2.24) is 9.97 Å². The van der Waals surface area contributed by atoms with Crippen molar-refractivity contribution in [1.29, 1.82) is 0 Å². The number of rotatable bonds is 10. The van der Waals surface area contributed by atoms with Crippen LogP contribution in [0.25, 0.3) is 34.0 Å². The van der Waals surface area contributed by atoms with Crippen molar-refractivity contribution in [3.05, 3.63) is 93.3 Å². The van der Waals surface area contributed by atoms with Gasteiger partial charge in [0.05, 0.1) is 46.7 Å². The summed E-state index contributed by atoms with van der Waals surface area (Å²) in [5.74, 6) is -6.72. The highest BCUT2D eigenvalue weighted by Crippen LogP contribution is 2.51. The van der Waals surface area contributed by atoms with Crippen LogP contribution in [-0.2, 0) is 31.4 Å². The van der Waals surface area contributed by atoms with Crippen LogP contribution in [0.4, 0.5) is 37.7 Å². The van der Waals surface area contributed by atoms with Crippen molar-refractivity contribution in [2.75, 3.05) is 47.9 Å². The number of benzene rings is 3. The first-order valence-corrected chi connectivity index (χ1v) is 19.9. The van der Waals surface area contributed by atoms with E-state index in [1.165, 1.54) is 48.0 Å². The minimum absolute atomic E-state index is 0.0648. The molecule has 0 bridgehead atoms. The third kappa shape index (κ3) is 7.69. The minimum Gasteiger partial charge on any atom is -0.506 e.